The molecule has 5 nitrogen and oxygen atoms in total. The number of likely N-dealkylation sites (tertiary alicyclic amines) is 1. The van der Waals surface area contributed by atoms with Crippen molar-refractivity contribution < 1.29 is 9.59 Å². The van der Waals surface area contributed by atoms with Gasteiger partial charge < -0.3 is 15.5 Å². The lowest BCUT2D eigenvalue weighted by Gasteiger charge is -2.20. The minimum atomic E-state index is -0.0384. The van der Waals surface area contributed by atoms with Crippen molar-refractivity contribution in [3.63, 3.8) is 0 Å². The molecule has 1 fully saturated rings. The fraction of sp³-hybridized carbons (Fsp3) is 0.556. The summed E-state index contributed by atoms with van der Waals surface area (Å²) in [4.78, 5) is 25.9. The van der Waals surface area contributed by atoms with E-state index in [1.807, 2.05) is 43.0 Å². The van der Waals surface area contributed by atoms with Gasteiger partial charge in [-0.05, 0) is 43.0 Å². The van der Waals surface area contributed by atoms with Gasteiger partial charge in [-0.15, -0.1) is 0 Å². The summed E-state index contributed by atoms with van der Waals surface area (Å²) in [5.74, 6) is 0.350. The summed E-state index contributed by atoms with van der Waals surface area (Å²) in [6, 6.07) is 7.23. The predicted octanol–water partition coefficient (Wildman–Crippen LogP) is 4.08. The van der Waals surface area contributed by atoms with Gasteiger partial charge in [-0.1, -0.05) is 26.7 Å². The fourth-order valence-corrected chi connectivity index (χ4v) is 2.70. The number of benzene rings is 1. The van der Waals surface area contributed by atoms with Crippen LogP contribution in [0.5, 0.6) is 0 Å². The van der Waals surface area contributed by atoms with E-state index in [1.165, 1.54) is 12.8 Å². The van der Waals surface area contributed by atoms with E-state index in [9.17, 15) is 9.59 Å². The first-order chi connectivity index (χ1) is 11.0. The van der Waals surface area contributed by atoms with Gasteiger partial charge in [0.25, 0.3) is 0 Å². The summed E-state index contributed by atoms with van der Waals surface area (Å²) < 4.78 is 0. The highest BCUT2D eigenvalue weighted by Gasteiger charge is 2.15. The third-order valence-electron chi connectivity index (χ3n) is 3.91. The molecule has 23 heavy (non-hydrogen) atoms. The van der Waals surface area contributed by atoms with Gasteiger partial charge in [0.05, 0.1) is 0 Å². The van der Waals surface area contributed by atoms with E-state index in [-0.39, 0.29) is 11.9 Å². The molecule has 0 radical (unpaired) electrons. The minimum absolute atomic E-state index is 0.0151. The summed E-state index contributed by atoms with van der Waals surface area (Å²) in [7, 11) is 0. The Morgan fingerprint density at radius 2 is 1.48 bits per heavy atom. The number of carbonyl (C=O) groups excluding carboxylic acids is 2. The number of amides is 3. The van der Waals surface area contributed by atoms with Crippen molar-refractivity contribution in [1.82, 2.24) is 4.90 Å². The number of rotatable bonds is 4. The lowest BCUT2D eigenvalue weighted by atomic mass is 10.1. The van der Waals surface area contributed by atoms with Crippen molar-refractivity contribution in [2.45, 2.75) is 46.0 Å². The van der Waals surface area contributed by atoms with Crippen LogP contribution in [-0.4, -0.2) is 29.9 Å². The maximum absolute atomic E-state index is 12.2. The standard InChI is InChI=1S/C18H27N3O2/c1-14(2)13-17(22)19-15-7-9-16(10-8-15)20-18(23)21-11-5-3-4-6-12-21/h7-10,14H,3-6,11-13H2,1-2H3,(H,19,22)(H,20,23). The van der Waals surface area contributed by atoms with Crippen LogP contribution in [0.2, 0.25) is 0 Å². The summed E-state index contributed by atoms with van der Waals surface area (Å²) in [6.45, 7) is 5.69. The minimum Gasteiger partial charge on any atom is -0.326 e. The Balaban J connectivity index is 1.86. The topological polar surface area (TPSA) is 61.4 Å². The van der Waals surface area contributed by atoms with Crippen LogP contribution >= 0.6 is 0 Å². The van der Waals surface area contributed by atoms with Crippen molar-refractivity contribution >= 4 is 23.3 Å². The highest BCUT2D eigenvalue weighted by Crippen LogP contribution is 2.16. The molecule has 2 rings (SSSR count). The van der Waals surface area contributed by atoms with Crippen LogP contribution in [0.15, 0.2) is 24.3 Å². The molecule has 1 aliphatic rings. The van der Waals surface area contributed by atoms with Crippen LogP contribution in [0.1, 0.15) is 46.0 Å². The van der Waals surface area contributed by atoms with Crippen LogP contribution in [0.4, 0.5) is 16.2 Å². The van der Waals surface area contributed by atoms with Crippen molar-refractivity contribution in [2.75, 3.05) is 23.7 Å². The molecule has 5 heteroatoms. The molecule has 2 N–H and O–H groups in total. The van der Waals surface area contributed by atoms with Gasteiger partial charge in [-0.2, -0.15) is 0 Å². The number of nitrogens with one attached hydrogen (secondary N) is 2. The fourth-order valence-electron chi connectivity index (χ4n) is 2.70. The molecule has 1 saturated heterocycles. The highest BCUT2D eigenvalue weighted by molar-refractivity contribution is 5.92. The average molecular weight is 317 g/mol. The molecule has 0 aliphatic carbocycles. The molecule has 1 aromatic carbocycles. The Labute approximate surface area is 138 Å². The largest absolute Gasteiger partial charge is 0.326 e. The molecule has 1 aromatic rings. The summed E-state index contributed by atoms with van der Waals surface area (Å²) in [5.41, 5.74) is 1.50. The summed E-state index contributed by atoms with van der Waals surface area (Å²) in [6.07, 6.45) is 5.07. The first-order valence-corrected chi connectivity index (χ1v) is 8.50. The van der Waals surface area contributed by atoms with Gasteiger partial charge in [0.2, 0.25) is 5.91 Å². The Hall–Kier alpha value is -2.04. The molecule has 0 spiro atoms. The maximum atomic E-state index is 12.2. The summed E-state index contributed by atoms with van der Waals surface area (Å²) in [5, 5.41) is 5.79. The van der Waals surface area contributed by atoms with Gasteiger partial charge in [-0.3, -0.25) is 4.79 Å². The highest BCUT2D eigenvalue weighted by atomic mass is 16.2. The van der Waals surface area contributed by atoms with E-state index in [4.69, 9.17) is 0 Å². The normalized spacial score (nSPS) is 15.2. The number of hydrogen-bond donors (Lipinski definition) is 2. The first-order valence-electron chi connectivity index (χ1n) is 8.50. The smallest absolute Gasteiger partial charge is 0.321 e. The van der Waals surface area contributed by atoms with Gasteiger partial charge in [-0.25, -0.2) is 4.79 Å². The second kappa shape index (κ2) is 8.56. The van der Waals surface area contributed by atoms with Crippen LogP contribution in [0.25, 0.3) is 0 Å². The van der Waals surface area contributed by atoms with Gasteiger partial charge >= 0.3 is 6.03 Å². The lowest BCUT2D eigenvalue weighted by molar-refractivity contribution is -0.116. The van der Waals surface area contributed by atoms with E-state index >= 15 is 0 Å². The SMILES string of the molecule is CC(C)CC(=O)Nc1ccc(NC(=O)N2CCCCCC2)cc1. The number of hydrogen-bond acceptors (Lipinski definition) is 2. The zero-order valence-corrected chi connectivity index (χ0v) is 14.1. The molecule has 1 aliphatic heterocycles. The van der Waals surface area contributed by atoms with Crippen LogP contribution in [0, 0.1) is 5.92 Å². The average Bonchev–Trinajstić information content (AvgIpc) is 2.77. The van der Waals surface area contributed by atoms with E-state index in [2.05, 4.69) is 10.6 Å². The third kappa shape index (κ3) is 5.93. The van der Waals surface area contributed by atoms with Crippen molar-refractivity contribution in [2.24, 2.45) is 5.92 Å². The lowest BCUT2D eigenvalue weighted by Crippen LogP contribution is -2.35. The van der Waals surface area contributed by atoms with E-state index < -0.39 is 0 Å². The van der Waals surface area contributed by atoms with Crippen molar-refractivity contribution in [3.05, 3.63) is 24.3 Å². The molecular formula is C18H27N3O2. The Kier molecular flexibility index (Phi) is 6.44. The number of anilines is 2. The molecule has 0 unspecified atom stereocenters. The Morgan fingerprint density at radius 3 is 2.00 bits per heavy atom. The molecule has 1 heterocycles. The van der Waals surface area contributed by atoms with Gasteiger partial charge in [0, 0.05) is 30.9 Å². The van der Waals surface area contributed by atoms with Crippen molar-refractivity contribution in [1.29, 1.82) is 0 Å². The zero-order chi connectivity index (χ0) is 16.7. The second-order valence-electron chi connectivity index (χ2n) is 6.55. The maximum Gasteiger partial charge on any atom is 0.321 e. The van der Waals surface area contributed by atoms with E-state index in [1.54, 1.807) is 0 Å². The molecule has 0 aromatic heterocycles. The third-order valence-corrected chi connectivity index (χ3v) is 3.91. The number of urea groups is 1. The van der Waals surface area contributed by atoms with Crippen LogP contribution in [-0.2, 0) is 4.79 Å². The van der Waals surface area contributed by atoms with E-state index in [0.29, 0.717) is 12.3 Å². The predicted molar refractivity (Wildman–Crippen MR) is 93.6 cm³/mol. The number of carbonyl (C=O) groups is 2. The van der Waals surface area contributed by atoms with E-state index in [0.717, 1.165) is 37.3 Å². The molecule has 0 atom stereocenters. The Morgan fingerprint density at radius 1 is 0.957 bits per heavy atom. The zero-order valence-electron chi connectivity index (χ0n) is 14.1. The second-order valence-corrected chi connectivity index (χ2v) is 6.55. The summed E-state index contributed by atoms with van der Waals surface area (Å²) >= 11 is 0. The van der Waals surface area contributed by atoms with Crippen LogP contribution in [0.3, 0.4) is 0 Å². The monoisotopic (exact) mass is 317 g/mol. The molecule has 126 valence electrons. The quantitative estimate of drug-likeness (QED) is 0.879. The molecular weight excluding hydrogens is 290 g/mol. The van der Waals surface area contributed by atoms with Crippen molar-refractivity contribution in [3.8, 4) is 0 Å². The molecule has 0 saturated carbocycles. The Bertz CT molecular complexity index is 518. The number of nitrogens with zero attached hydrogens (tertiary/aromatic N) is 1. The molecule has 3 amide bonds. The van der Waals surface area contributed by atoms with Gasteiger partial charge in [0.1, 0.15) is 0 Å². The molecule has 0 bridgehead atoms. The first kappa shape index (κ1) is 17.3. The van der Waals surface area contributed by atoms with Crippen LogP contribution < -0.4 is 10.6 Å². The van der Waals surface area contributed by atoms with Gasteiger partial charge in [0.15, 0.2) is 0 Å².